The molecule has 1 aromatic carbocycles. The normalized spacial score (nSPS) is 14.9. The number of hydrogen-bond donors (Lipinski definition) is 7. The number of carboxylic acid groups (broad SMARTS) is 2. The second-order valence-corrected chi connectivity index (χ2v) is 10.6. The van der Waals surface area contributed by atoms with Crippen molar-refractivity contribution in [2.75, 3.05) is 47.9 Å². The van der Waals surface area contributed by atoms with Crippen molar-refractivity contribution in [2.24, 2.45) is 0 Å². The van der Waals surface area contributed by atoms with Crippen molar-refractivity contribution >= 4 is 41.0 Å². The quantitative estimate of drug-likeness (QED) is 0.190. The van der Waals surface area contributed by atoms with E-state index in [2.05, 4.69) is 65.4 Å². The molecule has 1 aromatic heterocycles. The number of carboxylic acids is 2. The number of anilines is 4. The predicted octanol–water partition coefficient (Wildman–Crippen LogP) is 1.87. The number of fused-ring (bicyclic) bond motifs is 1. The zero-order valence-electron chi connectivity index (χ0n) is 25.1. The number of rotatable bonds is 12. The highest BCUT2D eigenvalue weighted by Crippen LogP contribution is 2.25. The van der Waals surface area contributed by atoms with Gasteiger partial charge in [0, 0.05) is 49.9 Å². The van der Waals surface area contributed by atoms with Gasteiger partial charge in [0.05, 0.1) is 6.04 Å². The van der Waals surface area contributed by atoms with Gasteiger partial charge >= 0.3 is 11.9 Å². The molecular weight excluding hydrogens is 544 g/mol. The molecule has 0 fully saturated rings. The third kappa shape index (κ3) is 9.65. The molecule has 0 unspecified atom stereocenters. The molecule has 0 spiro atoms. The molecule has 1 aliphatic heterocycles. The van der Waals surface area contributed by atoms with E-state index < -0.39 is 23.9 Å². The summed E-state index contributed by atoms with van der Waals surface area (Å²) in [7, 11) is 1.79. The number of hydrogen-bond acceptors (Lipinski definition) is 10. The molecule has 14 heteroatoms. The van der Waals surface area contributed by atoms with E-state index >= 15 is 0 Å². The largest absolute Gasteiger partial charge is 0.481 e. The maximum absolute atomic E-state index is 12.3. The molecule has 8 N–H and O–H groups in total. The lowest BCUT2D eigenvalue weighted by Crippen LogP contribution is -2.48. The second-order valence-electron chi connectivity index (χ2n) is 10.6. The minimum Gasteiger partial charge on any atom is -0.481 e. The number of nitrogens with one attached hydrogen (secondary N) is 4. The molecule has 0 saturated carbocycles. The first-order chi connectivity index (χ1) is 19.7. The van der Waals surface area contributed by atoms with Gasteiger partial charge in [-0.25, -0.2) is 4.79 Å². The fraction of sp³-hybridized carbons (Fsp3) is 0.536. The first-order valence-electron chi connectivity index (χ1n) is 14.0. The van der Waals surface area contributed by atoms with Crippen LogP contribution in [0.25, 0.3) is 0 Å². The maximum Gasteiger partial charge on any atom is 0.326 e. The molecule has 0 radical (unpaired) electrons. The number of carbonyl (C=O) groups is 3. The molecular formula is C28H44N8O6. The highest BCUT2D eigenvalue weighted by molar-refractivity contribution is 5.97. The highest BCUT2D eigenvalue weighted by Gasteiger charge is 2.27. The number of aromatic nitrogens is 2. The molecule has 2 aromatic rings. The molecule has 42 heavy (non-hydrogen) atoms. The number of likely N-dealkylation sites (N-methyl/N-ethyl adjacent to an activating group) is 1. The van der Waals surface area contributed by atoms with Gasteiger partial charge in [-0.2, -0.15) is 4.98 Å². The molecule has 2 atom stereocenters. The number of aliphatic carboxylic acids is 2. The topological polar surface area (TPSA) is 206 Å². The van der Waals surface area contributed by atoms with Gasteiger partial charge in [-0.05, 0) is 64.9 Å². The number of aromatic amines is 1. The Bertz CT molecular complexity index is 1260. The monoisotopic (exact) mass is 588 g/mol. The Balaban J connectivity index is 0.000000592. The van der Waals surface area contributed by atoms with E-state index in [9.17, 15) is 24.3 Å². The summed E-state index contributed by atoms with van der Waals surface area (Å²) in [6.45, 7) is 13.3. The summed E-state index contributed by atoms with van der Waals surface area (Å²) in [5.74, 6) is -2.59. The third-order valence-electron chi connectivity index (χ3n) is 6.95. The lowest BCUT2D eigenvalue weighted by molar-refractivity contribution is -0.140. The van der Waals surface area contributed by atoms with Crippen LogP contribution in [0.5, 0.6) is 0 Å². The van der Waals surface area contributed by atoms with Crippen molar-refractivity contribution in [3.8, 4) is 0 Å². The van der Waals surface area contributed by atoms with Crippen molar-refractivity contribution in [3.63, 3.8) is 0 Å². The Morgan fingerprint density at radius 3 is 2.26 bits per heavy atom. The van der Waals surface area contributed by atoms with E-state index in [0.29, 0.717) is 36.7 Å². The van der Waals surface area contributed by atoms with Crippen molar-refractivity contribution in [3.05, 3.63) is 40.2 Å². The van der Waals surface area contributed by atoms with Crippen LogP contribution in [0.4, 0.5) is 23.1 Å². The first-order valence-corrected chi connectivity index (χ1v) is 14.0. The molecule has 0 aliphatic carbocycles. The molecule has 3 rings (SSSR count). The molecule has 0 bridgehead atoms. The fourth-order valence-electron chi connectivity index (χ4n) is 4.75. The van der Waals surface area contributed by atoms with Crippen LogP contribution >= 0.6 is 0 Å². The zero-order chi connectivity index (χ0) is 31.6. The van der Waals surface area contributed by atoms with E-state index in [1.165, 1.54) is 12.1 Å². The minimum absolute atomic E-state index is 0.0388. The third-order valence-corrected chi connectivity index (χ3v) is 6.95. The van der Waals surface area contributed by atoms with Gasteiger partial charge in [0.1, 0.15) is 11.7 Å². The highest BCUT2D eigenvalue weighted by atomic mass is 16.4. The van der Waals surface area contributed by atoms with E-state index in [1.807, 2.05) is 4.90 Å². The van der Waals surface area contributed by atoms with E-state index in [-0.39, 0.29) is 36.0 Å². The Hall–Kier alpha value is -4.33. The number of amides is 1. The number of carbonyl (C=O) groups excluding carboxylic acids is 1. The van der Waals surface area contributed by atoms with Crippen molar-refractivity contribution in [1.82, 2.24) is 20.2 Å². The Morgan fingerprint density at radius 2 is 1.76 bits per heavy atom. The number of nitrogens with zero attached hydrogens (tertiary/aromatic N) is 3. The van der Waals surface area contributed by atoms with E-state index in [0.717, 1.165) is 12.2 Å². The molecule has 1 amide bonds. The first kappa shape index (κ1) is 33.9. The van der Waals surface area contributed by atoms with E-state index in [1.54, 1.807) is 19.2 Å². The smallest absolute Gasteiger partial charge is 0.326 e. The summed E-state index contributed by atoms with van der Waals surface area (Å²) in [6, 6.07) is 6.41. The average Bonchev–Trinajstić information content (AvgIpc) is 2.90. The van der Waals surface area contributed by atoms with E-state index in [4.69, 9.17) is 10.8 Å². The lowest BCUT2D eigenvalue weighted by atomic mass is 10.1. The van der Waals surface area contributed by atoms with Gasteiger partial charge in [0.2, 0.25) is 5.95 Å². The summed E-state index contributed by atoms with van der Waals surface area (Å²) >= 11 is 0. The maximum atomic E-state index is 12.3. The number of nitrogen functional groups attached to an aromatic ring is 1. The Morgan fingerprint density at radius 1 is 1.14 bits per heavy atom. The van der Waals surface area contributed by atoms with Gasteiger partial charge in [0.25, 0.3) is 11.5 Å². The van der Waals surface area contributed by atoms with Crippen LogP contribution in [0.1, 0.15) is 57.8 Å². The van der Waals surface area contributed by atoms with Crippen LogP contribution < -0.4 is 32.1 Å². The van der Waals surface area contributed by atoms with Gasteiger partial charge in [-0.15, -0.1) is 0 Å². The van der Waals surface area contributed by atoms with Crippen molar-refractivity contribution in [2.45, 2.75) is 71.6 Å². The molecule has 2 heterocycles. The van der Waals surface area contributed by atoms with Gasteiger partial charge in [0.15, 0.2) is 5.82 Å². The number of nitrogens with two attached hydrogens (primary N) is 1. The summed E-state index contributed by atoms with van der Waals surface area (Å²) in [5, 5.41) is 26.6. The number of H-pyrrole nitrogens is 1. The molecule has 1 aliphatic rings. The minimum atomic E-state index is -1.30. The Kier molecular flexibility index (Phi) is 12.6. The van der Waals surface area contributed by atoms with Crippen LogP contribution in [0.2, 0.25) is 0 Å². The van der Waals surface area contributed by atoms with Crippen LogP contribution in [0.15, 0.2) is 29.1 Å². The predicted molar refractivity (Wildman–Crippen MR) is 163 cm³/mol. The lowest BCUT2D eigenvalue weighted by Gasteiger charge is -2.35. The van der Waals surface area contributed by atoms with Gasteiger partial charge < -0.3 is 36.8 Å². The molecule has 14 nitrogen and oxygen atoms in total. The van der Waals surface area contributed by atoms with Crippen molar-refractivity contribution < 1.29 is 24.6 Å². The van der Waals surface area contributed by atoms with Crippen LogP contribution in [0, 0.1) is 0 Å². The van der Waals surface area contributed by atoms with Gasteiger partial charge in [-0.3, -0.25) is 24.3 Å². The summed E-state index contributed by atoms with van der Waals surface area (Å²) in [4.78, 5) is 57.3. The summed E-state index contributed by atoms with van der Waals surface area (Å²) in [6.07, 6.45) is -0.586. The fourth-order valence-corrected chi connectivity index (χ4v) is 4.75. The summed E-state index contributed by atoms with van der Waals surface area (Å²) in [5.41, 5.74) is 6.59. The molecule has 0 saturated heterocycles. The second kappa shape index (κ2) is 15.6. The van der Waals surface area contributed by atoms with Crippen LogP contribution in [-0.2, 0) is 9.59 Å². The van der Waals surface area contributed by atoms with Crippen molar-refractivity contribution in [1.29, 1.82) is 0 Å². The number of benzene rings is 1. The standard InChI is InChI=1S/C20H25N7O6.C8H19N/c1-27-12(9-23-16-15(27)18(31)26-20(21)25-16)8-22-11-4-2-10(3-5-11)17(30)24-13(19(32)33)6-7-14(28)29;1-6-9(7(2)3)8(4)5/h2-5,12-13,22H,6-9H2,1H3,(H,24,30)(H,28,29)(H,32,33)(H4,21,23,25,26,31);7-8H,6H2,1-5H3/t12-,13-;/m0./s1. The van der Waals surface area contributed by atoms with Crippen LogP contribution in [0.3, 0.4) is 0 Å². The average molecular weight is 589 g/mol. The molecule has 232 valence electrons. The van der Waals surface area contributed by atoms with Crippen LogP contribution in [-0.4, -0.2) is 93.8 Å². The SMILES string of the molecule is CCN(C(C)C)C(C)C.CN1c2c(nc(N)[nH]c2=O)NC[C@@H]1CNc1ccc(C(=O)N[C@@H](CCC(=O)O)C(=O)O)cc1. The summed E-state index contributed by atoms with van der Waals surface area (Å²) < 4.78 is 0. The Labute approximate surface area is 245 Å². The zero-order valence-corrected chi connectivity index (χ0v) is 25.1. The van der Waals surface area contributed by atoms with Gasteiger partial charge in [-0.1, -0.05) is 6.92 Å².